The number of carbonyl (C=O) groups excluding carboxylic acids is 1. The van der Waals surface area contributed by atoms with Crippen LogP contribution in [0, 0.1) is 0 Å². The Labute approximate surface area is 139 Å². The Bertz CT molecular complexity index is 668. The molecule has 0 spiro atoms. The van der Waals surface area contributed by atoms with Crippen molar-refractivity contribution >= 4 is 22.4 Å². The summed E-state index contributed by atoms with van der Waals surface area (Å²) in [5.41, 5.74) is 0.285. The summed E-state index contributed by atoms with van der Waals surface area (Å²) in [7, 11) is 0. The minimum absolute atomic E-state index is 0.285. The third kappa shape index (κ3) is 3.86. The first-order valence-corrected chi connectivity index (χ1v) is 8.65. The van der Waals surface area contributed by atoms with Gasteiger partial charge in [0.2, 0.25) is 0 Å². The number of hydrogen-bond donors (Lipinski definition) is 2. The van der Waals surface area contributed by atoms with Gasteiger partial charge in [0, 0.05) is 17.3 Å². The number of rotatable bonds is 5. The van der Waals surface area contributed by atoms with Gasteiger partial charge in [0.1, 0.15) is 0 Å². The lowest BCUT2D eigenvalue weighted by molar-refractivity contribution is 0.101. The van der Waals surface area contributed by atoms with Crippen LogP contribution < -0.4 is 15.4 Å². The molecule has 0 unspecified atom stereocenters. The molecule has 0 aliphatic carbocycles. The van der Waals surface area contributed by atoms with Crippen molar-refractivity contribution < 1.29 is 9.53 Å². The van der Waals surface area contributed by atoms with E-state index in [0.29, 0.717) is 23.4 Å². The molecule has 3 rings (SSSR count). The molecular weight excluding hydrogens is 312 g/mol. The lowest BCUT2D eigenvalue weighted by atomic mass is 9.97. The first-order chi connectivity index (χ1) is 11.3. The molecular formula is C16H20N4O2S. The molecule has 1 aliphatic heterocycles. The van der Waals surface area contributed by atoms with E-state index in [2.05, 4.69) is 20.6 Å². The summed E-state index contributed by atoms with van der Waals surface area (Å²) in [5.74, 6) is 0.733. The molecule has 7 heteroatoms. The Morgan fingerprint density at radius 3 is 3.04 bits per heavy atom. The predicted octanol–water partition coefficient (Wildman–Crippen LogP) is 2.66. The molecule has 2 aromatic rings. The van der Waals surface area contributed by atoms with Gasteiger partial charge in [-0.1, -0.05) is 0 Å². The average Bonchev–Trinajstić information content (AvgIpc) is 3.05. The highest BCUT2D eigenvalue weighted by Gasteiger charge is 2.20. The van der Waals surface area contributed by atoms with Crippen LogP contribution in [0.15, 0.2) is 24.5 Å². The number of anilines is 1. The third-order valence-electron chi connectivity index (χ3n) is 3.77. The number of hydrogen-bond acceptors (Lipinski definition) is 6. The standard InChI is InChI=1S/C16H20N4O2S/c1-2-22-12-4-3-7-18-14(12)15(21)20-16-19-10-13(23-16)11-5-8-17-9-6-11/h3-4,7,10-11,17H,2,5-6,8-9H2,1H3,(H,19,20,21). The van der Waals surface area contributed by atoms with Crippen molar-refractivity contribution in [1.29, 1.82) is 0 Å². The van der Waals surface area contributed by atoms with Crippen LogP contribution in [0.4, 0.5) is 5.13 Å². The Balaban J connectivity index is 1.70. The summed E-state index contributed by atoms with van der Waals surface area (Å²) >= 11 is 1.54. The van der Waals surface area contributed by atoms with Crippen LogP contribution in [0.5, 0.6) is 5.75 Å². The molecule has 2 aromatic heterocycles. The molecule has 0 radical (unpaired) electrons. The van der Waals surface area contributed by atoms with Crippen LogP contribution >= 0.6 is 11.3 Å². The van der Waals surface area contributed by atoms with Crippen molar-refractivity contribution in [2.45, 2.75) is 25.7 Å². The van der Waals surface area contributed by atoms with E-state index in [-0.39, 0.29) is 11.6 Å². The van der Waals surface area contributed by atoms with Crippen LogP contribution in [0.2, 0.25) is 0 Å². The van der Waals surface area contributed by atoms with Crippen molar-refractivity contribution in [3.05, 3.63) is 35.1 Å². The maximum absolute atomic E-state index is 12.4. The van der Waals surface area contributed by atoms with Gasteiger partial charge in [0.05, 0.1) is 6.61 Å². The molecule has 0 bridgehead atoms. The predicted molar refractivity (Wildman–Crippen MR) is 90.3 cm³/mol. The molecule has 2 N–H and O–H groups in total. The summed E-state index contributed by atoms with van der Waals surface area (Å²) < 4.78 is 5.45. The van der Waals surface area contributed by atoms with Crippen LogP contribution in [-0.4, -0.2) is 35.6 Å². The third-order valence-corrected chi connectivity index (χ3v) is 4.85. The fraction of sp³-hybridized carbons (Fsp3) is 0.438. The molecule has 0 aromatic carbocycles. The van der Waals surface area contributed by atoms with E-state index < -0.39 is 0 Å². The van der Waals surface area contributed by atoms with E-state index in [1.165, 1.54) is 4.88 Å². The zero-order valence-corrected chi connectivity index (χ0v) is 13.9. The molecule has 1 saturated heterocycles. The molecule has 0 saturated carbocycles. The number of pyridine rings is 1. The Morgan fingerprint density at radius 1 is 1.43 bits per heavy atom. The fourth-order valence-electron chi connectivity index (χ4n) is 2.63. The van der Waals surface area contributed by atoms with Crippen molar-refractivity contribution in [2.24, 2.45) is 0 Å². The normalized spacial score (nSPS) is 15.3. The van der Waals surface area contributed by atoms with Crippen molar-refractivity contribution in [3.63, 3.8) is 0 Å². The highest BCUT2D eigenvalue weighted by atomic mass is 32.1. The zero-order valence-electron chi connectivity index (χ0n) is 13.0. The highest BCUT2D eigenvalue weighted by Crippen LogP contribution is 2.32. The minimum Gasteiger partial charge on any atom is -0.491 e. The lowest BCUT2D eigenvalue weighted by Gasteiger charge is -2.20. The molecule has 1 fully saturated rings. The summed E-state index contributed by atoms with van der Waals surface area (Å²) in [5, 5.41) is 6.79. The lowest BCUT2D eigenvalue weighted by Crippen LogP contribution is -2.26. The number of nitrogens with one attached hydrogen (secondary N) is 2. The maximum atomic E-state index is 12.4. The van der Waals surface area contributed by atoms with E-state index in [1.54, 1.807) is 29.7 Å². The number of thiazole rings is 1. The number of amides is 1. The van der Waals surface area contributed by atoms with Crippen molar-refractivity contribution in [2.75, 3.05) is 25.0 Å². The number of carbonyl (C=O) groups is 1. The Hall–Kier alpha value is -1.99. The molecule has 0 atom stereocenters. The van der Waals surface area contributed by atoms with Gasteiger partial charge in [-0.05, 0) is 50.9 Å². The smallest absolute Gasteiger partial charge is 0.279 e. The van der Waals surface area contributed by atoms with Crippen molar-refractivity contribution in [3.8, 4) is 5.75 Å². The largest absolute Gasteiger partial charge is 0.491 e. The zero-order chi connectivity index (χ0) is 16.1. The summed E-state index contributed by atoms with van der Waals surface area (Å²) in [4.78, 5) is 22.1. The second-order valence-corrected chi connectivity index (χ2v) is 6.39. The van der Waals surface area contributed by atoms with E-state index in [9.17, 15) is 4.79 Å². The molecule has 1 aliphatic rings. The second-order valence-electron chi connectivity index (χ2n) is 5.33. The van der Waals surface area contributed by atoms with E-state index >= 15 is 0 Å². The monoisotopic (exact) mass is 332 g/mol. The Morgan fingerprint density at radius 2 is 2.26 bits per heavy atom. The van der Waals surface area contributed by atoms with Gasteiger partial charge < -0.3 is 10.1 Å². The van der Waals surface area contributed by atoms with Crippen molar-refractivity contribution in [1.82, 2.24) is 15.3 Å². The van der Waals surface area contributed by atoms with Gasteiger partial charge >= 0.3 is 0 Å². The van der Waals surface area contributed by atoms with Gasteiger partial charge in [0.15, 0.2) is 16.6 Å². The number of nitrogens with zero attached hydrogens (tertiary/aromatic N) is 2. The highest BCUT2D eigenvalue weighted by molar-refractivity contribution is 7.15. The van der Waals surface area contributed by atoms with Crippen LogP contribution in [0.3, 0.4) is 0 Å². The summed E-state index contributed by atoms with van der Waals surface area (Å²) in [6, 6.07) is 3.49. The molecule has 122 valence electrons. The SMILES string of the molecule is CCOc1cccnc1C(=O)Nc1ncc(C2CCNCC2)s1. The quantitative estimate of drug-likeness (QED) is 0.880. The van der Waals surface area contributed by atoms with Crippen LogP contribution in [0.25, 0.3) is 0 Å². The molecule has 3 heterocycles. The fourth-order valence-corrected chi connectivity index (χ4v) is 3.61. The first kappa shape index (κ1) is 15.9. The van der Waals surface area contributed by atoms with E-state index in [0.717, 1.165) is 25.9 Å². The summed E-state index contributed by atoms with van der Waals surface area (Å²) in [6.07, 6.45) is 5.69. The summed E-state index contributed by atoms with van der Waals surface area (Å²) in [6.45, 7) is 4.44. The van der Waals surface area contributed by atoms with Gasteiger partial charge in [-0.25, -0.2) is 9.97 Å². The van der Waals surface area contributed by atoms with E-state index in [1.807, 2.05) is 13.1 Å². The van der Waals surface area contributed by atoms with Gasteiger partial charge in [-0.15, -0.1) is 11.3 Å². The first-order valence-electron chi connectivity index (χ1n) is 7.83. The van der Waals surface area contributed by atoms with Crippen LogP contribution in [0.1, 0.15) is 41.0 Å². The molecule has 6 nitrogen and oxygen atoms in total. The van der Waals surface area contributed by atoms with Gasteiger partial charge in [0.25, 0.3) is 5.91 Å². The van der Waals surface area contributed by atoms with Crippen LogP contribution in [-0.2, 0) is 0 Å². The maximum Gasteiger partial charge on any atom is 0.279 e. The topological polar surface area (TPSA) is 76.1 Å². The number of aromatic nitrogens is 2. The average molecular weight is 332 g/mol. The molecule has 23 heavy (non-hydrogen) atoms. The van der Waals surface area contributed by atoms with Gasteiger partial charge in [-0.3, -0.25) is 10.1 Å². The number of piperidine rings is 1. The minimum atomic E-state index is -0.291. The molecule has 1 amide bonds. The van der Waals surface area contributed by atoms with E-state index in [4.69, 9.17) is 4.74 Å². The number of ether oxygens (including phenoxy) is 1. The second kappa shape index (κ2) is 7.52. The Kier molecular flexibility index (Phi) is 5.19. The van der Waals surface area contributed by atoms with Gasteiger partial charge in [-0.2, -0.15) is 0 Å².